The number of nitrogens with one attached hydrogen (secondary N) is 1. The predicted molar refractivity (Wildman–Crippen MR) is 61.9 cm³/mol. The van der Waals surface area contributed by atoms with E-state index >= 15 is 0 Å². The Kier molecular flexibility index (Phi) is 7.54. The maximum atomic E-state index is 11.6. The van der Waals surface area contributed by atoms with Crippen LogP contribution in [0.2, 0.25) is 0 Å². The number of nitrogens with two attached hydrogens (primary N) is 1. The van der Waals surface area contributed by atoms with Crippen molar-refractivity contribution >= 4 is 11.9 Å². The quantitative estimate of drug-likeness (QED) is 0.573. The fourth-order valence-electron chi connectivity index (χ4n) is 1.42. The number of aliphatic carboxylic acids is 1. The largest absolute Gasteiger partial charge is 0.480 e. The molecule has 5 nitrogen and oxygen atoms in total. The molecule has 0 aliphatic rings. The minimum atomic E-state index is -0.971. The zero-order valence-electron chi connectivity index (χ0n) is 10.0. The molecule has 2 atom stereocenters. The van der Waals surface area contributed by atoms with Crippen LogP contribution >= 0.6 is 0 Å². The molecule has 0 spiro atoms. The minimum Gasteiger partial charge on any atom is -0.480 e. The Hall–Kier alpha value is -1.10. The van der Waals surface area contributed by atoms with Crippen molar-refractivity contribution in [2.24, 2.45) is 11.7 Å². The summed E-state index contributed by atoms with van der Waals surface area (Å²) in [6.07, 6.45) is 2.67. The van der Waals surface area contributed by atoms with Crippen LogP contribution in [-0.4, -0.2) is 29.6 Å². The van der Waals surface area contributed by atoms with E-state index in [1.807, 2.05) is 6.92 Å². The van der Waals surface area contributed by atoms with Gasteiger partial charge in [-0.25, -0.2) is 4.79 Å². The summed E-state index contributed by atoms with van der Waals surface area (Å²) in [5.41, 5.74) is 5.35. The van der Waals surface area contributed by atoms with Crippen molar-refractivity contribution in [1.82, 2.24) is 5.32 Å². The summed E-state index contributed by atoms with van der Waals surface area (Å²) < 4.78 is 0. The normalized spacial score (nSPS) is 14.2. The maximum absolute atomic E-state index is 11.6. The number of carboxylic acids is 1. The predicted octanol–water partition coefficient (Wildman–Crippen LogP) is 0.731. The van der Waals surface area contributed by atoms with Crippen molar-refractivity contribution in [2.75, 3.05) is 6.54 Å². The highest BCUT2D eigenvalue weighted by Crippen LogP contribution is 2.06. The van der Waals surface area contributed by atoms with Gasteiger partial charge >= 0.3 is 5.97 Å². The third-order valence-electron chi connectivity index (χ3n) is 2.48. The average Bonchev–Trinajstić information content (AvgIpc) is 2.24. The Labute approximate surface area is 96.4 Å². The van der Waals surface area contributed by atoms with Gasteiger partial charge in [-0.15, -0.1) is 0 Å². The molecule has 0 bridgehead atoms. The van der Waals surface area contributed by atoms with Gasteiger partial charge in [-0.1, -0.05) is 20.3 Å². The summed E-state index contributed by atoms with van der Waals surface area (Å²) in [5.74, 6) is -1.35. The molecule has 94 valence electrons. The van der Waals surface area contributed by atoms with Crippen molar-refractivity contribution in [3.8, 4) is 0 Å². The molecule has 16 heavy (non-hydrogen) atoms. The van der Waals surface area contributed by atoms with Gasteiger partial charge in [0, 0.05) is 5.92 Å². The molecule has 0 heterocycles. The molecule has 0 saturated heterocycles. The van der Waals surface area contributed by atoms with Crippen molar-refractivity contribution in [2.45, 2.75) is 45.6 Å². The smallest absolute Gasteiger partial charge is 0.326 e. The fourth-order valence-corrected chi connectivity index (χ4v) is 1.42. The number of hydrogen-bond donors (Lipinski definition) is 3. The van der Waals surface area contributed by atoms with E-state index in [9.17, 15) is 9.59 Å². The van der Waals surface area contributed by atoms with Gasteiger partial charge in [-0.2, -0.15) is 0 Å². The lowest BCUT2D eigenvalue weighted by molar-refractivity contribution is -0.142. The first-order chi connectivity index (χ1) is 7.52. The second kappa shape index (κ2) is 8.10. The first-order valence-electron chi connectivity index (χ1n) is 5.76. The molecular formula is C11H22N2O3. The highest BCUT2D eigenvalue weighted by Gasteiger charge is 2.21. The molecule has 0 aliphatic carbocycles. The summed E-state index contributed by atoms with van der Waals surface area (Å²) in [4.78, 5) is 22.5. The second-order valence-corrected chi connectivity index (χ2v) is 4.02. The number of carboxylic acid groups (broad SMARTS) is 1. The van der Waals surface area contributed by atoms with Crippen LogP contribution in [0.1, 0.15) is 39.5 Å². The number of rotatable bonds is 8. The molecule has 0 aromatic carbocycles. The highest BCUT2D eigenvalue weighted by atomic mass is 16.4. The van der Waals surface area contributed by atoms with E-state index in [0.29, 0.717) is 19.4 Å². The molecular weight excluding hydrogens is 208 g/mol. The van der Waals surface area contributed by atoms with Crippen LogP contribution in [0.3, 0.4) is 0 Å². The molecule has 0 aromatic heterocycles. The van der Waals surface area contributed by atoms with Gasteiger partial charge in [0.05, 0.1) is 0 Å². The van der Waals surface area contributed by atoms with Crippen LogP contribution in [0.4, 0.5) is 0 Å². The summed E-state index contributed by atoms with van der Waals surface area (Å²) in [5, 5.41) is 11.4. The molecule has 4 N–H and O–H groups in total. The first-order valence-corrected chi connectivity index (χ1v) is 5.76. The zero-order valence-corrected chi connectivity index (χ0v) is 10.0. The van der Waals surface area contributed by atoms with E-state index in [-0.39, 0.29) is 11.8 Å². The highest BCUT2D eigenvalue weighted by molar-refractivity contribution is 5.84. The Balaban J connectivity index is 4.12. The van der Waals surface area contributed by atoms with Gasteiger partial charge in [0.25, 0.3) is 0 Å². The monoisotopic (exact) mass is 230 g/mol. The number of hydrogen-bond acceptors (Lipinski definition) is 3. The SMILES string of the molecule is CCC[C@@H](NC(=O)C(C)CCCN)C(=O)O. The van der Waals surface area contributed by atoms with Crippen LogP contribution in [0.5, 0.6) is 0 Å². The molecule has 0 aromatic rings. The molecule has 1 unspecified atom stereocenters. The van der Waals surface area contributed by atoms with E-state index in [0.717, 1.165) is 12.8 Å². The molecule has 5 heteroatoms. The molecule has 0 fully saturated rings. The molecule has 0 rings (SSSR count). The van der Waals surface area contributed by atoms with Crippen molar-refractivity contribution in [3.05, 3.63) is 0 Å². The maximum Gasteiger partial charge on any atom is 0.326 e. The standard InChI is InChI=1S/C11H22N2O3/c1-3-5-9(11(15)16)13-10(14)8(2)6-4-7-12/h8-9H,3-7,12H2,1-2H3,(H,13,14)(H,15,16)/t8?,9-/m1/s1. The molecule has 0 saturated carbocycles. The summed E-state index contributed by atoms with van der Waals surface area (Å²) >= 11 is 0. The van der Waals surface area contributed by atoms with Crippen molar-refractivity contribution in [3.63, 3.8) is 0 Å². The number of carbonyl (C=O) groups is 2. The van der Waals surface area contributed by atoms with Crippen molar-refractivity contribution < 1.29 is 14.7 Å². The summed E-state index contributed by atoms with van der Waals surface area (Å²) in [6.45, 7) is 4.23. The Morgan fingerprint density at radius 2 is 2.00 bits per heavy atom. The summed E-state index contributed by atoms with van der Waals surface area (Å²) in [7, 11) is 0. The van der Waals surface area contributed by atoms with Gasteiger partial charge in [-0.3, -0.25) is 4.79 Å². The molecule has 1 amide bonds. The second-order valence-electron chi connectivity index (χ2n) is 4.02. The van der Waals surface area contributed by atoms with Crippen molar-refractivity contribution in [1.29, 1.82) is 0 Å². The van der Waals surface area contributed by atoms with Gasteiger partial charge < -0.3 is 16.2 Å². The lowest BCUT2D eigenvalue weighted by Crippen LogP contribution is -2.43. The molecule has 0 radical (unpaired) electrons. The average molecular weight is 230 g/mol. The van der Waals surface area contributed by atoms with E-state index < -0.39 is 12.0 Å². The fraction of sp³-hybridized carbons (Fsp3) is 0.818. The van der Waals surface area contributed by atoms with Crippen LogP contribution in [0.15, 0.2) is 0 Å². The van der Waals surface area contributed by atoms with E-state index in [1.165, 1.54) is 0 Å². The number of carbonyl (C=O) groups excluding carboxylic acids is 1. The van der Waals surface area contributed by atoms with Gasteiger partial charge in [0.1, 0.15) is 6.04 Å². The van der Waals surface area contributed by atoms with Gasteiger partial charge in [0.15, 0.2) is 0 Å². The molecule has 0 aliphatic heterocycles. The van der Waals surface area contributed by atoms with Gasteiger partial charge in [-0.05, 0) is 25.8 Å². The Morgan fingerprint density at radius 3 is 2.44 bits per heavy atom. The van der Waals surface area contributed by atoms with E-state index in [1.54, 1.807) is 6.92 Å². The van der Waals surface area contributed by atoms with Gasteiger partial charge in [0.2, 0.25) is 5.91 Å². The van der Waals surface area contributed by atoms with Crippen LogP contribution in [0.25, 0.3) is 0 Å². The number of amides is 1. The zero-order chi connectivity index (χ0) is 12.6. The third kappa shape index (κ3) is 5.70. The minimum absolute atomic E-state index is 0.178. The third-order valence-corrected chi connectivity index (χ3v) is 2.48. The van der Waals surface area contributed by atoms with E-state index in [2.05, 4.69) is 5.32 Å². The Morgan fingerprint density at radius 1 is 1.38 bits per heavy atom. The van der Waals surface area contributed by atoms with E-state index in [4.69, 9.17) is 10.8 Å². The van der Waals surface area contributed by atoms with Crippen LogP contribution in [0, 0.1) is 5.92 Å². The van der Waals surface area contributed by atoms with Crippen LogP contribution in [-0.2, 0) is 9.59 Å². The first kappa shape index (κ1) is 14.9. The van der Waals surface area contributed by atoms with Crippen LogP contribution < -0.4 is 11.1 Å². The topological polar surface area (TPSA) is 92.4 Å². The summed E-state index contributed by atoms with van der Waals surface area (Å²) in [6, 6.07) is -0.766. The Bertz CT molecular complexity index is 231. The lowest BCUT2D eigenvalue weighted by Gasteiger charge is -2.17. The lowest BCUT2D eigenvalue weighted by atomic mass is 10.0.